The van der Waals surface area contributed by atoms with E-state index < -0.39 is 0 Å². The number of benzene rings is 1. The van der Waals surface area contributed by atoms with Crippen LogP contribution in [0.1, 0.15) is 49.7 Å². The largest absolute Gasteiger partial charge is 0.370 e. The van der Waals surface area contributed by atoms with E-state index in [9.17, 15) is 0 Å². The summed E-state index contributed by atoms with van der Waals surface area (Å²) in [6.45, 7) is 0.918. The van der Waals surface area contributed by atoms with Gasteiger partial charge in [-0.3, -0.25) is 4.99 Å². The van der Waals surface area contributed by atoms with Crippen molar-refractivity contribution in [2.24, 2.45) is 22.1 Å². The van der Waals surface area contributed by atoms with Gasteiger partial charge < -0.3 is 11.1 Å². The predicted octanol–water partition coefficient (Wildman–Crippen LogP) is 3.48. The Hall–Kier alpha value is -1.51. The van der Waals surface area contributed by atoms with Gasteiger partial charge in [0.2, 0.25) is 0 Å². The number of hydrogen-bond acceptors (Lipinski definition) is 1. The van der Waals surface area contributed by atoms with Crippen LogP contribution in [0.25, 0.3) is 0 Å². The van der Waals surface area contributed by atoms with E-state index in [2.05, 4.69) is 28.5 Å². The number of guanidine groups is 1. The Bertz CT molecular complexity index is 568. The van der Waals surface area contributed by atoms with Gasteiger partial charge in [0.1, 0.15) is 0 Å². The van der Waals surface area contributed by atoms with Gasteiger partial charge in [-0.1, -0.05) is 12.5 Å². The summed E-state index contributed by atoms with van der Waals surface area (Å²) in [5, 5.41) is 3.28. The Balaban J connectivity index is 1.40. The number of aliphatic imine (C=N–C) groups is 1. The molecule has 2 fully saturated rings. The number of hydrogen-bond donors (Lipinski definition) is 2. The zero-order chi connectivity index (χ0) is 14.3. The Morgan fingerprint density at radius 2 is 2.00 bits per heavy atom. The van der Waals surface area contributed by atoms with Crippen molar-refractivity contribution in [3.05, 3.63) is 29.3 Å². The molecule has 3 N–H and O–H groups in total. The summed E-state index contributed by atoms with van der Waals surface area (Å²) < 4.78 is 0. The van der Waals surface area contributed by atoms with E-state index in [1.807, 2.05) is 0 Å². The molecule has 3 nitrogen and oxygen atoms in total. The molecule has 3 aliphatic carbocycles. The van der Waals surface area contributed by atoms with Crippen LogP contribution in [0.3, 0.4) is 0 Å². The quantitative estimate of drug-likeness (QED) is 0.656. The average Bonchev–Trinajstić information content (AvgIpc) is 3.16. The number of aryl methyl sites for hydroxylation is 2. The van der Waals surface area contributed by atoms with E-state index in [0.717, 1.165) is 18.2 Å². The van der Waals surface area contributed by atoms with Gasteiger partial charge in [-0.15, -0.1) is 0 Å². The molecule has 21 heavy (non-hydrogen) atoms. The third-order valence-corrected chi connectivity index (χ3v) is 5.73. The highest BCUT2D eigenvalue weighted by Crippen LogP contribution is 2.57. The highest BCUT2D eigenvalue weighted by Gasteiger charge is 2.48. The van der Waals surface area contributed by atoms with Crippen molar-refractivity contribution in [2.45, 2.75) is 51.4 Å². The van der Waals surface area contributed by atoms with Crippen LogP contribution < -0.4 is 11.1 Å². The maximum absolute atomic E-state index is 6.10. The van der Waals surface area contributed by atoms with Crippen molar-refractivity contribution in [1.82, 2.24) is 0 Å². The van der Waals surface area contributed by atoms with Crippen molar-refractivity contribution in [1.29, 1.82) is 0 Å². The molecule has 0 radical (unpaired) electrons. The van der Waals surface area contributed by atoms with Crippen molar-refractivity contribution in [2.75, 3.05) is 11.9 Å². The molecule has 3 aliphatic rings. The first-order valence-electron chi connectivity index (χ1n) is 8.44. The molecule has 0 aromatic heterocycles. The molecular formula is C18H25N3. The van der Waals surface area contributed by atoms with Crippen molar-refractivity contribution >= 4 is 11.6 Å². The zero-order valence-corrected chi connectivity index (χ0v) is 12.7. The predicted molar refractivity (Wildman–Crippen MR) is 87.6 cm³/mol. The number of nitrogens with two attached hydrogens (primary N) is 1. The van der Waals surface area contributed by atoms with E-state index in [4.69, 9.17) is 5.73 Å². The summed E-state index contributed by atoms with van der Waals surface area (Å²) in [7, 11) is 0. The summed E-state index contributed by atoms with van der Waals surface area (Å²) in [4.78, 5) is 4.65. The molecule has 0 amide bonds. The molecule has 0 aliphatic heterocycles. The number of anilines is 1. The normalized spacial score (nSPS) is 23.5. The Morgan fingerprint density at radius 1 is 1.19 bits per heavy atom. The molecule has 0 saturated heterocycles. The highest BCUT2D eigenvalue weighted by molar-refractivity contribution is 5.92. The van der Waals surface area contributed by atoms with Gasteiger partial charge in [-0.2, -0.15) is 0 Å². The number of rotatable bonds is 4. The fourth-order valence-corrected chi connectivity index (χ4v) is 4.10. The minimum absolute atomic E-state index is 0.504. The number of fused-ring (bicyclic) bond motifs is 1. The third kappa shape index (κ3) is 2.54. The molecular weight excluding hydrogens is 258 g/mol. The van der Waals surface area contributed by atoms with Gasteiger partial charge >= 0.3 is 0 Å². The van der Waals surface area contributed by atoms with Crippen LogP contribution >= 0.6 is 0 Å². The molecule has 1 aromatic carbocycles. The van der Waals surface area contributed by atoms with Crippen molar-refractivity contribution in [3.8, 4) is 0 Å². The van der Waals surface area contributed by atoms with Gasteiger partial charge in [0.05, 0.1) is 0 Å². The minimum Gasteiger partial charge on any atom is -0.370 e. The summed E-state index contributed by atoms with van der Waals surface area (Å²) in [6, 6.07) is 6.60. The lowest BCUT2D eigenvalue weighted by molar-refractivity contribution is 0.113. The van der Waals surface area contributed by atoms with E-state index in [0.29, 0.717) is 11.4 Å². The summed E-state index contributed by atoms with van der Waals surface area (Å²) >= 11 is 0. The average molecular weight is 283 g/mol. The zero-order valence-electron chi connectivity index (χ0n) is 12.7. The first kappa shape index (κ1) is 13.2. The van der Waals surface area contributed by atoms with Crippen molar-refractivity contribution < 1.29 is 0 Å². The Morgan fingerprint density at radius 3 is 2.71 bits per heavy atom. The van der Waals surface area contributed by atoms with Crippen LogP contribution in [0.15, 0.2) is 23.2 Å². The SMILES string of the molecule is NC(=NCC1(C2CC2)CCC1)Nc1ccc2c(c1)CCC2. The van der Waals surface area contributed by atoms with Gasteiger partial charge in [-0.05, 0) is 79.5 Å². The van der Waals surface area contributed by atoms with Crippen LogP contribution in [-0.2, 0) is 12.8 Å². The van der Waals surface area contributed by atoms with Crippen LogP contribution in [0.4, 0.5) is 5.69 Å². The number of nitrogens with zero attached hydrogens (tertiary/aromatic N) is 1. The van der Waals surface area contributed by atoms with Crippen molar-refractivity contribution in [3.63, 3.8) is 0 Å². The highest BCUT2D eigenvalue weighted by atomic mass is 15.1. The Kier molecular flexibility index (Phi) is 3.16. The molecule has 112 valence electrons. The Labute approximate surface area is 127 Å². The van der Waals surface area contributed by atoms with Crippen LogP contribution in [0.2, 0.25) is 0 Å². The molecule has 0 atom stereocenters. The molecule has 2 saturated carbocycles. The lowest BCUT2D eigenvalue weighted by atomic mass is 9.65. The molecule has 0 spiro atoms. The fraction of sp³-hybridized carbons (Fsp3) is 0.611. The van der Waals surface area contributed by atoms with Crippen LogP contribution in [0, 0.1) is 11.3 Å². The van der Waals surface area contributed by atoms with Gasteiger partial charge in [-0.25, -0.2) is 0 Å². The molecule has 0 bridgehead atoms. The maximum Gasteiger partial charge on any atom is 0.193 e. The van der Waals surface area contributed by atoms with Crippen LogP contribution in [-0.4, -0.2) is 12.5 Å². The lowest BCUT2D eigenvalue weighted by Crippen LogP contribution is -2.36. The molecule has 1 aromatic rings. The van der Waals surface area contributed by atoms with Gasteiger partial charge in [0.15, 0.2) is 5.96 Å². The summed E-state index contributed by atoms with van der Waals surface area (Å²) in [6.07, 6.45) is 10.6. The number of nitrogens with one attached hydrogen (secondary N) is 1. The third-order valence-electron chi connectivity index (χ3n) is 5.73. The van der Waals surface area contributed by atoms with E-state index in [1.165, 1.54) is 62.5 Å². The van der Waals surface area contributed by atoms with E-state index >= 15 is 0 Å². The standard InChI is InChI=1S/C18H25N3/c19-17(20-12-18(9-2-10-18)15-6-7-15)21-16-8-5-13-3-1-4-14(13)11-16/h5,8,11,15H,1-4,6-7,9-10,12H2,(H3,19,20,21). The maximum atomic E-state index is 6.10. The smallest absolute Gasteiger partial charge is 0.193 e. The van der Waals surface area contributed by atoms with E-state index in [1.54, 1.807) is 0 Å². The molecule has 0 heterocycles. The van der Waals surface area contributed by atoms with Crippen LogP contribution in [0.5, 0.6) is 0 Å². The second kappa shape index (κ2) is 5.04. The topological polar surface area (TPSA) is 50.4 Å². The first-order valence-corrected chi connectivity index (χ1v) is 8.44. The molecule has 0 unspecified atom stereocenters. The lowest BCUT2D eigenvalue weighted by Gasteiger charge is -2.41. The summed E-state index contributed by atoms with van der Waals surface area (Å²) in [5.74, 6) is 1.52. The molecule has 4 rings (SSSR count). The van der Waals surface area contributed by atoms with Gasteiger partial charge in [0, 0.05) is 12.2 Å². The second-order valence-corrected chi connectivity index (χ2v) is 7.15. The minimum atomic E-state index is 0.504. The van der Waals surface area contributed by atoms with E-state index in [-0.39, 0.29) is 0 Å². The van der Waals surface area contributed by atoms with Gasteiger partial charge in [0.25, 0.3) is 0 Å². The summed E-state index contributed by atoms with van der Waals surface area (Å²) in [5.41, 5.74) is 10.7. The monoisotopic (exact) mass is 283 g/mol. The fourth-order valence-electron chi connectivity index (χ4n) is 4.10. The molecule has 3 heteroatoms. The second-order valence-electron chi connectivity index (χ2n) is 7.15. The first-order chi connectivity index (χ1) is 10.3.